The van der Waals surface area contributed by atoms with E-state index in [-0.39, 0.29) is 17.6 Å². The fourth-order valence-electron chi connectivity index (χ4n) is 2.60. The van der Waals surface area contributed by atoms with Crippen molar-refractivity contribution < 1.29 is 9.18 Å². The Morgan fingerprint density at radius 1 is 1.09 bits per heavy atom. The molecule has 0 heterocycles. The van der Waals surface area contributed by atoms with E-state index in [2.05, 4.69) is 32.0 Å². The van der Waals surface area contributed by atoms with E-state index >= 15 is 0 Å². The number of nitrogens with two attached hydrogens (primary N) is 1. The highest BCUT2D eigenvalue weighted by atomic mass is 19.1. The molecule has 0 aliphatic rings. The van der Waals surface area contributed by atoms with Gasteiger partial charge in [-0.3, -0.25) is 4.79 Å². The number of benzene rings is 2. The van der Waals surface area contributed by atoms with Crippen molar-refractivity contribution in [3.63, 3.8) is 0 Å². The van der Waals surface area contributed by atoms with Crippen molar-refractivity contribution in [1.82, 2.24) is 0 Å². The van der Waals surface area contributed by atoms with Gasteiger partial charge in [0.15, 0.2) is 0 Å². The number of hydrogen-bond donors (Lipinski definition) is 1. The summed E-state index contributed by atoms with van der Waals surface area (Å²) in [4.78, 5) is 11.0. The van der Waals surface area contributed by atoms with Gasteiger partial charge in [0.1, 0.15) is 5.82 Å². The first kappa shape index (κ1) is 16.2. The van der Waals surface area contributed by atoms with Crippen LogP contribution in [0.15, 0.2) is 42.5 Å². The summed E-state index contributed by atoms with van der Waals surface area (Å²) >= 11 is 0. The lowest BCUT2D eigenvalue weighted by atomic mass is 9.89. The molecule has 2 rings (SSSR count). The third kappa shape index (κ3) is 4.17. The molecule has 0 radical (unpaired) electrons. The van der Waals surface area contributed by atoms with Crippen molar-refractivity contribution in [1.29, 1.82) is 0 Å². The Morgan fingerprint density at radius 3 is 2.32 bits per heavy atom. The van der Waals surface area contributed by atoms with Crippen molar-refractivity contribution in [3.8, 4) is 0 Å². The van der Waals surface area contributed by atoms with Gasteiger partial charge in [-0.05, 0) is 47.2 Å². The van der Waals surface area contributed by atoms with Gasteiger partial charge in [-0.25, -0.2) is 4.39 Å². The standard InChI is InChI=1S/C19H22FNO/c1-3-14-10-15(4-9-19(21)22)12-17(11-14)13(2)16-5-7-18(20)8-6-16/h5-8,10-13H,3-4,9H2,1-2H3,(H2,21,22). The van der Waals surface area contributed by atoms with E-state index in [1.807, 2.05) is 12.1 Å². The normalized spacial score (nSPS) is 12.1. The van der Waals surface area contributed by atoms with Crippen molar-refractivity contribution in [2.24, 2.45) is 5.73 Å². The second-order valence-corrected chi connectivity index (χ2v) is 5.68. The van der Waals surface area contributed by atoms with Gasteiger partial charge in [0.25, 0.3) is 0 Å². The molecule has 2 N–H and O–H groups in total. The molecule has 0 aromatic heterocycles. The third-order valence-corrected chi connectivity index (χ3v) is 4.01. The maximum Gasteiger partial charge on any atom is 0.217 e. The van der Waals surface area contributed by atoms with Crippen LogP contribution in [0.2, 0.25) is 0 Å². The number of hydrogen-bond acceptors (Lipinski definition) is 1. The summed E-state index contributed by atoms with van der Waals surface area (Å²) in [5, 5.41) is 0. The van der Waals surface area contributed by atoms with Gasteiger partial charge >= 0.3 is 0 Å². The van der Waals surface area contributed by atoms with Gasteiger partial charge < -0.3 is 5.73 Å². The minimum atomic E-state index is -0.282. The first-order chi connectivity index (χ1) is 10.5. The first-order valence-electron chi connectivity index (χ1n) is 7.66. The van der Waals surface area contributed by atoms with E-state index in [0.717, 1.165) is 17.5 Å². The van der Waals surface area contributed by atoms with Crippen LogP contribution in [0.4, 0.5) is 4.39 Å². The van der Waals surface area contributed by atoms with Crippen LogP contribution >= 0.6 is 0 Å². The minimum absolute atomic E-state index is 0.180. The Labute approximate surface area is 131 Å². The monoisotopic (exact) mass is 299 g/mol. The Morgan fingerprint density at radius 2 is 1.73 bits per heavy atom. The zero-order chi connectivity index (χ0) is 16.1. The topological polar surface area (TPSA) is 43.1 Å². The zero-order valence-corrected chi connectivity index (χ0v) is 13.1. The summed E-state index contributed by atoms with van der Waals surface area (Å²) in [5.74, 6) is -0.324. The molecule has 0 aliphatic carbocycles. The van der Waals surface area contributed by atoms with Crippen molar-refractivity contribution in [2.45, 2.75) is 39.0 Å². The highest BCUT2D eigenvalue weighted by Crippen LogP contribution is 2.27. The summed E-state index contributed by atoms with van der Waals surface area (Å²) in [7, 11) is 0. The molecule has 0 saturated carbocycles. The van der Waals surface area contributed by atoms with Gasteiger partial charge in [-0.1, -0.05) is 44.2 Å². The fourth-order valence-corrected chi connectivity index (χ4v) is 2.60. The lowest BCUT2D eigenvalue weighted by Gasteiger charge is -2.16. The average molecular weight is 299 g/mol. The number of rotatable bonds is 6. The predicted octanol–water partition coefficient (Wildman–Crippen LogP) is 3.96. The Bertz CT molecular complexity index is 649. The summed E-state index contributed by atoms with van der Waals surface area (Å²) in [6.45, 7) is 4.22. The molecule has 22 heavy (non-hydrogen) atoms. The number of aryl methyl sites for hydroxylation is 2. The van der Waals surface area contributed by atoms with Gasteiger partial charge in [0.05, 0.1) is 0 Å². The van der Waals surface area contributed by atoms with Gasteiger partial charge in [0, 0.05) is 12.3 Å². The van der Waals surface area contributed by atoms with E-state index < -0.39 is 0 Å². The molecule has 0 aliphatic heterocycles. The van der Waals surface area contributed by atoms with Crippen LogP contribution in [-0.2, 0) is 17.6 Å². The second kappa shape index (κ2) is 7.21. The van der Waals surface area contributed by atoms with Crippen molar-refractivity contribution >= 4 is 5.91 Å². The Kier molecular flexibility index (Phi) is 5.31. The average Bonchev–Trinajstić information content (AvgIpc) is 2.52. The van der Waals surface area contributed by atoms with Crippen LogP contribution in [0.1, 0.15) is 48.4 Å². The molecule has 1 unspecified atom stereocenters. The van der Waals surface area contributed by atoms with E-state index in [9.17, 15) is 9.18 Å². The van der Waals surface area contributed by atoms with Crippen LogP contribution in [0.3, 0.4) is 0 Å². The molecule has 1 atom stereocenters. The molecule has 2 aromatic carbocycles. The lowest BCUT2D eigenvalue weighted by Crippen LogP contribution is -2.11. The molecule has 0 saturated heterocycles. The summed E-state index contributed by atoms with van der Waals surface area (Å²) in [6.07, 6.45) is 1.96. The number of halogens is 1. The van der Waals surface area contributed by atoms with Crippen LogP contribution in [-0.4, -0.2) is 5.91 Å². The molecule has 0 fully saturated rings. The Balaban J connectivity index is 2.30. The summed E-state index contributed by atoms with van der Waals surface area (Å²) in [5.41, 5.74) is 9.87. The SMILES string of the molecule is CCc1cc(CCC(N)=O)cc(C(C)c2ccc(F)cc2)c1. The number of carbonyl (C=O) groups is 1. The third-order valence-electron chi connectivity index (χ3n) is 4.01. The second-order valence-electron chi connectivity index (χ2n) is 5.68. The van der Waals surface area contributed by atoms with E-state index in [1.54, 1.807) is 0 Å². The molecule has 116 valence electrons. The molecule has 3 heteroatoms. The first-order valence-corrected chi connectivity index (χ1v) is 7.66. The predicted molar refractivity (Wildman–Crippen MR) is 87.3 cm³/mol. The summed E-state index contributed by atoms with van der Waals surface area (Å²) < 4.78 is 13.1. The van der Waals surface area contributed by atoms with E-state index in [1.165, 1.54) is 23.3 Å². The van der Waals surface area contributed by atoms with Gasteiger partial charge in [-0.2, -0.15) is 0 Å². The van der Waals surface area contributed by atoms with Crippen LogP contribution in [0.25, 0.3) is 0 Å². The molecule has 2 aromatic rings. The summed E-state index contributed by atoms with van der Waals surface area (Å²) in [6, 6.07) is 13.1. The molecular weight excluding hydrogens is 277 g/mol. The molecule has 2 nitrogen and oxygen atoms in total. The number of primary amides is 1. The van der Waals surface area contributed by atoms with E-state index in [4.69, 9.17) is 5.73 Å². The van der Waals surface area contributed by atoms with Crippen LogP contribution < -0.4 is 5.73 Å². The smallest absolute Gasteiger partial charge is 0.217 e. The highest BCUT2D eigenvalue weighted by molar-refractivity contribution is 5.74. The number of carbonyl (C=O) groups excluding carboxylic acids is 1. The zero-order valence-electron chi connectivity index (χ0n) is 13.1. The van der Waals surface area contributed by atoms with E-state index in [0.29, 0.717) is 12.8 Å². The highest BCUT2D eigenvalue weighted by Gasteiger charge is 2.11. The van der Waals surface area contributed by atoms with Crippen molar-refractivity contribution in [2.75, 3.05) is 0 Å². The molecular formula is C19H22FNO. The fraction of sp³-hybridized carbons (Fsp3) is 0.316. The van der Waals surface area contributed by atoms with Crippen LogP contribution in [0.5, 0.6) is 0 Å². The lowest BCUT2D eigenvalue weighted by molar-refractivity contribution is -0.117. The maximum atomic E-state index is 13.1. The Hall–Kier alpha value is -2.16. The maximum absolute atomic E-state index is 13.1. The molecule has 1 amide bonds. The number of amides is 1. The van der Waals surface area contributed by atoms with Crippen LogP contribution in [0, 0.1) is 5.82 Å². The largest absolute Gasteiger partial charge is 0.370 e. The molecule has 0 bridgehead atoms. The molecule has 0 spiro atoms. The minimum Gasteiger partial charge on any atom is -0.370 e. The van der Waals surface area contributed by atoms with Gasteiger partial charge in [0.2, 0.25) is 5.91 Å². The van der Waals surface area contributed by atoms with Crippen molar-refractivity contribution in [3.05, 3.63) is 70.5 Å². The quantitative estimate of drug-likeness (QED) is 0.862. The van der Waals surface area contributed by atoms with Gasteiger partial charge in [-0.15, -0.1) is 0 Å².